The molecule has 0 amide bonds. The van der Waals surface area contributed by atoms with Crippen molar-refractivity contribution in [2.24, 2.45) is 0 Å². The maximum atomic E-state index is 12.2. The zero-order valence-corrected chi connectivity index (χ0v) is 17.2. The van der Waals surface area contributed by atoms with Crippen molar-refractivity contribution < 1.29 is 4.42 Å². The first-order valence-electron chi connectivity index (χ1n) is 9.98. The SMILES string of the molecule is CCN(Cc1ccc(N(C)C)cc1)Cc1cc(=O)oc2ccc3ccccc3c12. The molecule has 0 saturated carbocycles. The largest absolute Gasteiger partial charge is 0.423 e. The van der Waals surface area contributed by atoms with E-state index < -0.39 is 0 Å². The van der Waals surface area contributed by atoms with Crippen LogP contribution in [-0.2, 0) is 13.1 Å². The van der Waals surface area contributed by atoms with Crippen molar-refractivity contribution in [2.45, 2.75) is 20.0 Å². The number of hydrogen-bond donors (Lipinski definition) is 0. The fourth-order valence-electron chi connectivity index (χ4n) is 3.82. The maximum Gasteiger partial charge on any atom is 0.336 e. The molecule has 148 valence electrons. The van der Waals surface area contributed by atoms with E-state index in [1.165, 1.54) is 11.3 Å². The zero-order valence-electron chi connectivity index (χ0n) is 17.2. The van der Waals surface area contributed by atoms with Crippen LogP contribution in [-0.4, -0.2) is 25.5 Å². The molecule has 0 saturated heterocycles. The van der Waals surface area contributed by atoms with Gasteiger partial charge in [-0.1, -0.05) is 49.4 Å². The fourth-order valence-corrected chi connectivity index (χ4v) is 3.82. The third-order valence-electron chi connectivity index (χ3n) is 5.41. The molecule has 0 fully saturated rings. The Kier molecular flexibility index (Phi) is 5.36. The predicted octanol–water partition coefficient (Wildman–Crippen LogP) is 5.03. The number of hydrogen-bond acceptors (Lipinski definition) is 4. The highest BCUT2D eigenvalue weighted by Gasteiger charge is 2.13. The van der Waals surface area contributed by atoms with E-state index in [9.17, 15) is 4.79 Å². The van der Waals surface area contributed by atoms with Crippen LogP contribution in [0.15, 0.2) is 75.9 Å². The third-order valence-corrected chi connectivity index (χ3v) is 5.41. The number of fused-ring (bicyclic) bond motifs is 3. The fraction of sp³-hybridized carbons (Fsp3) is 0.240. The van der Waals surface area contributed by atoms with Crippen LogP contribution in [0, 0.1) is 0 Å². The minimum Gasteiger partial charge on any atom is -0.423 e. The monoisotopic (exact) mass is 386 g/mol. The lowest BCUT2D eigenvalue weighted by atomic mass is 10.0. The molecular formula is C25H26N2O2. The van der Waals surface area contributed by atoms with Crippen LogP contribution in [0.2, 0.25) is 0 Å². The first-order valence-corrected chi connectivity index (χ1v) is 9.98. The summed E-state index contributed by atoms with van der Waals surface area (Å²) in [6.07, 6.45) is 0. The van der Waals surface area contributed by atoms with E-state index in [0.29, 0.717) is 12.1 Å². The van der Waals surface area contributed by atoms with E-state index in [4.69, 9.17) is 4.42 Å². The van der Waals surface area contributed by atoms with Crippen molar-refractivity contribution in [3.8, 4) is 0 Å². The van der Waals surface area contributed by atoms with Crippen LogP contribution in [0.1, 0.15) is 18.1 Å². The second kappa shape index (κ2) is 8.10. The smallest absolute Gasteiger partial charge is 0.336 e. The minimum atomic E-state index is -0.297. The highest BCUT2D eigenvalue weighted by atomic mass is 16.4. The number of benzene rings is 3. The Bertz CT molecular complexity index is 1190. The van der Waals surface area contributed by atoms with Gasteiger partial charge in [-0.05, 0) is 46.6 Å². The normalized spacial score (nSPS) is 11.4. The van der Waals surface area contributed by atoms with Crippen LogP contribution < -0.4 is 10.5 Å². The molecule has 4 nitrogen and oxygen atoms in total. The summed E-state index contributed by atoms with van der Waals surface area (Å²) in [5, 5.41) is 3.30. The van der Waals surface area contributed by atoms with Crippen LogP contribution in [0.25, 0.3) is 21.7 Å². The molecule has 0 N–H and O–H groups in total. The second-order valence-corrected chi connectivity index (χ2v) is 7.61. The molecule has 1 aromatic heterocycles. The van der Waals surface area contributed by atoms with Crippen LogP contribution in [0.5, 0.6) is 0 Å². The summed E-state index contributed by atoms with van der Waals surface area (Å²) in [7, 11) is 4.09. The van der Waals surface area contributed by atoms with Gasteiger partial charge in [0.15, 0.2) is 0 Å². The summed E-state index contributed by atoms with van der Waals surface area (Å²) in [6.45, 7) is 4.57. The minimum absolute atomic E-state index is 0.297. The zero-order chi connectivity index (χ0) is 20.4. The van der Waals surface area contributed by atoms with E-state index in [0.717, 1.165) is 34.8 Å². The molecule has 0 unspecified atom stereocenters. The number of nitrogens with zero attached hydrogens (tertiary/aromatic N) is 2. The van der Waals surface area contributed by atoms with Crippen molar-refractivity contribution in [2.75, 3.05) is 25.5 Å². The van der Waals surface area contributed by atoms with E-state index in [1.807, 2.05) is 38.4 Å². The summed E-state index contributed by atoms with van der Waals surface area (Å²) in [5.74, 6) is 0. The van der Waals surface area contributed by atoms with E-state index in [1.54, 1.807) is 6.07 Å². The highest BCUT2D eigenvalue weighted by molar-refractivity contribution is 6.07. The first kappa shape index (κ1) is 19.2. The van der Waals surface area contributed by atoms with Gasteiger partial charge in [-0.2, -0.15) is 0 Å². The Hall–Kier alpha value is -3.11. The Morgan fingerprint density at radius 2 is 1.66 bits per heavy atom. The molecule has 4 heteroatoms. The quantitative estimate of drug-likeness (QED) is 0.344. The third kappa shape index (κ3) is 4.03. The standard InChI is InChI=1S/C25H26N2O2/c1-4-27(16-18-9-12-21(13-10-18)26(2)3)17-20-15-24(28)29-23-14-11-19-7-5-6-8-22(19)25(20)23/h5-15H,4,16-17H2,1-3H3. The summed E-state index contributed by atoms with van der Waals surface area (Å²) in [5.41, 5.74) is 3.82. The van der Waals surface area contributed by atoms with Crippen LogP contribution in [0.4, 0.5) is 5.69 Å². The summed E-state index contributed by atoms with van der Waals surface area (Å²) < 4.78 is 5.50. The number of anilines is 1. The summed E-state index contributed by atoms with van der Waals surface area (Å²) in [6, 6.07) is 22.4. The lowest BCUT2D eigenvalue weighted by Gasteiger charge is -2.22. The van der Waals surface area contributed by atoms with Crippen LogP contribution in [0.3, 0.4) is 0 Å². The Morgan fingerprint density at radius 3 is 2.38 bits per heavy atom. The molecule has 4 aromatic rings. The Balaban J connectivity index is 1.69. The molecule has 0 spiro atoms. The highest BCUT2D eigenvalue weighted by Crippen LogP contribution is 2.28. The maximum absolute atomic E-state index is 12.2. The number of rotatable bonds is 6. The van der Waals surface area contributed by atoms with Gasteiger partial charge in [0.05, 0.1) is 0 Å². The molecule has 4 rings (SSSR count). The topological polar surface area (TPSA) is 36.7 Å². The molecule has 0 aliphatic rings. The molecule has 0 radical (unpaired) electrons. The molecule has 3 aromatic carbocycles. The predicted molar refractivity (Wildman–Crippen MR) is 121 cm³/mol. The van der Waals surface area contributed by atoms with Crippen molar-refractivity contribution in [3.63, 3.8) is 0 Å². The van der Waals surface area contributed by atoms with E-state index in [2.05, 4.69) is 53.1 Å². The van der Waals surface area contributed by atoms with Crippen molar-refractivity contribution >= 4 is 27.4 Å². The average molecular weight is 386 g/mol. The van der Waals surface area contributed by atoms with Crippen molar-refractivity contribution in [1.29, 1.82) is 0 Å². The van der Waals surface area contributed by atoms with Gasteiger partial charge in [-0.25, -0.2) is 4.79 Å². The molecule has 0 aliphatic heterocycles. The van der Waals surface area contributed by atoms with Gasteiger partial charge in [-0.3, -0.25) is 4.90 Å². The average Bonchev–Trinajstić information content (AvgIpc) is 2.73. The van der Waals surface area contributed by atoms with Gasteiger partial charge in [0.1, 0.15) is 5.58 Å². The molecule has 1 heterocycles. The lowest BCUT2D eigenvalue weighted by molar-refractivity contribution is 0.272. The molecule has 0 bridgehead atoms. The van der Waals surface area contributed by atoms with Crippen LogP contribution >= 0.6 is 0 Å². The summed E-state index contributed by atoms with van der Waals surface area (Å²) >= 11 is 0. The molecular weight excluding hydrogens is 360 g/mol. The van der Waals surface area contributed by atoms with Crippen molar-refractivity contribution in [1.82, 2.24) is 4.90 Å². The van der Waals surface area contributed by atoms with Gasteiger partial charge >= 0.3 is 5.63 Å². The van der Waals surface area contributed by atoms with Gasteiger partial charge in [0.25, 0.3) is 0 Å². The van der Waals surface area contributed by atoms with Gasteiger partial charge < -0.3 is 9.32 Å². The molecule has 0 aliphatic carbocycles. The Labute approximate surface area is 171 Å². The molecule has 0 atom stereocenters. The van der Waals surface area contributed by atoms with Gasteiger partial charge in [-0.15, -0.1) is 0 Å². The second-order valence-electron chi connectivity index (χ2n) is 7.61. The summed E-state index contributed by atoms with van der Waals surface area (Å²) in [4.78, 5) is 16.6. The van der Waals surface area contributed by atoms with E-state index in [-0.39, 0.29) is 5.63 Å². The lowest BCUT2D eigenvalue weighted by Crippen LogP contribution is -2.23. The van der Waals surface area contributed by atoms with Gasteiger partial charge in [0, 0.05) is 44.3 Å². The van der Waals surface area contributed by atoms with Crippen molar-refractivity contribution in [3.05, 3.63) is 88.3 Å². The molecule has 29 heavy (non-hydrogen) atoms. The Morgan fingerprint density at radius 1 is 0.897 bits per heavy atom. The van der Waals surface area contributed by atoms with Gasteiger partial charge in [0.2, 0.25) is 0 Å². The first-order chi connectivity index (χ1) is 14.0. The van der Waals surface area contributed by atoms with E-state index >= 15 is 0 Å².